The maximum Gasteiger partial charge on any atom is 0.419 e. The number of carbonyl (C=O) groups is 1. The average Bonchev–Trinajstić information content (AvgIpc) is 2.88. The van der Waals surface area contributed by atoms with Crippen LogP contribution in [-0.2, 0) is 21.7 Å². The molecular formula is C17H15ClN2O5S. The molecule has 0 spiro atoms. The number of benzene rings is 2. The van der Waals surface area contributed by atoms with Gasteiger partial charge in [0.05, 0.1) is 21.2 Å². The lowest BCUT2D eigenvalue weighted by Crippen LogP contribution is -2.17. The number of sulfone groups is 1. The molecule has 0 aliphatic heterocycles. The van der Waals surface area contributed by atoms with E-state index >= 15 is 0 Å². The highest BCUT2D eigenvalue weighted by molar-refractivity contribution is 7.91. The van der Waals surface area contributed by atoms with E-state index in [1.807, 2.05) is 0 Å². The van der Waals surface area contributed by atoms with Crippen LogP contribution in [0, 0.1) is 0 Å². The first-order valence-electron chi connectivity index (χ1n) is 7.64. The van der Waals surface area contributed by atoms with Gasteiger partial charge in [0.1, 0.15) is 0 Å². The molecule has 26 heavy (non-hydrogen) atoms. The molecule has 1 heterocycles. The zero-order valence-electron chi connectivity index (χ0n) is 13.7. The van der Waals surface area contributed by atoms with E-state index in [4.69, 9.17) is 16.0 Å². The van der Waals surface area contributed by atoms with Crippen molar-refractivity contribution in [1.82, 2.24) is 4.57 Å². The van der Waals surface area contributed by atoms with Gasteiger partial charge in [-0.05, 0) is 30.3 Å². The highest BCUT2D eigenvalue weighted by Crippen LogP contribution is 2.22. The van der Waals surface area contributed by atoms with Gasteiger partial charge in [-0.2, -0.15) is 0 Å². The predicted octanol–water partition coefficient (Wildman–Crippen LogP) is 2.59. The number of amides is 1. The number of anilines is 1. The number of aromatic nitrogens is 1. The van der Waals surface area contributed by atoms with Crippen molar-refractivity contribution in [1.29, 1.82) is 0 Å². The van der Waals surface area contributed by atoms with Crippen LogP contribution in [0.15, 0.2) is 56.6 Å². The van der Waals surface area contributed by atoms with Gasteiger partial charge in [-0.25, -0.2) is 13.2 Å². The standard InChI is InChI=1S/C17H15ClN2O5S/c1-20-13-10-11(6-7-14(13)25-17(20)22)19-16(21)8-9-26(23,24)15-5-3-2-4-12(15)18/h2-7,10H,8-9H2,1H3,(H,19,21). The van der Waals surface area contributed by atoms with Crippen molar-refractivity contribution in [3.8, 4) is 0 Å². The van der Waals surface area contributed by atoms with Gasteiger partial charge in [-0.1, -0.05) is 23.7 Å². The minimum absolute atomic E-state index is 0.00397. The lowest BCUT2D eigenvalue weighted by atomic mass is 10.2. The third-order valence-corrected chi connectivity index (χ3v) is 6.05. The lowest BCUT2D eigenvalue weighted by Gasteiger charge is -2.08. The maximum atomic E-state index is 12.3. The van der Waals surface area contributed by atoms with E-state index in [9.17, 15) is 18.0 Å². The topological polar surface area (TPSA) is 98.4 Å². The van der Waals surface area contributed by atoms with E-state index in [-0.39, 0.29) is 22.1 Å². The molecule has 1 amide bonds. The molecule has 0 bridgehead atoms. The van der Waals surface area contributed by atoms with Crippen LogP contribution in [0.1, 0.15) is 6.42 Å². The molecule has 0 saturated carbocycles. The third-order valence-electron chi connectivity index (χ3n) is 3.84. The highest BCUT2D eigenvalue weighted by atomic mass is 35.5. The first-order chi connectivity index (χ1) is 12.3. The fourth-order valence-electron chi connectivity index (χ4n) is 2.46. The molecule has 0 radical (unpaired) electrons. The van der Waals surface area contributed by atoms with Gasteiger partial charge in [0.15, 0.2) is 15.4 Å². The summed E-state index contributed by atoms with van der Waals surface area (Å²) in [5.41, 5.74) is 1.36. The quantitative estimate of drug-likeness (QED) is 0.717. The molecule has 0 aliphatic rings. The minimum atomic E-state index is -3.67. The number of aryl methyl sites for hydroxylation is 1. The van der Waals surface area contributed by atoms with Gasteiger partial charge in [0.25, 0.3) is 0 Å². The van der Waals surface area contributed by atoms with Gasteiger partial charge in [0, 0.05) is 19.2 Å². The third kappa shape index (κ3) is 3.66. The molecule has 9 heteroatoms. The first-order valence-corrected chi connectivity index (χ1v) is 9.68. The largest absolute Gasteiger partial charge is 0.419 e. The first kappa shape index (κ1) is 18.2. The van der Waals surface area contributed by atoms with Crippen molar-refractivity contribution >= 4 is 44.1 Å². The van der Waals surface area contributed by atoms with Crippen LogP contribution >= 0.6 is 11.6 Å². The number of hydrogen-bond donors (Lipinski definition) is 1. The van der Waals surface area contributed by atoms with Crippen LogP contribution in [0.3, 0.4) is 0 Å². The summed E-state index contributed by atoms with van der Waals surface area (Å²) in [6, 6.07) is 10.8. The molecule has 7 nitrogen and oxygen atoms in total. The maximum absolute atomic E-state index is 12.3. The average molecular weight is 395 g/mol. The second kappa shape index (κ2) is 6.97. The number of hydrogen-bond acceptors (Lipinski definition) is 5. The van der Waals surface area contributed by atoms with E-state index in [1.165, 1.54) is 16.7 Å². The van der Waals surface area contributed by atoms with Crippen molar-refractivity contribution in [2.24, 2.45) is 7.05 Å². The molecule has 1 N–H and O–H groups in total. The van der Waals surface area contributed by atoms with Crippen molar-refractivity contribution < 1.29 is 17.6 Å². The molecule has 0 atom stereocenters. The van der Waals surface area contributed by atoms with Crippen molar-refractivity contribution in [2.45, 2.75) is 11.3 Å². The van der Waals surface area contributed by atoms with E-state index in [2.05, 4.69) is 5.32 Å². The van der Waals surface area contributed by atoms with Gasteiger partial charge in [-0.3, -0.25) is 9.36 Å². The number of fused-ring (bicyclic) bond motifs is 1. The summed E-state index contributed by atoms with van der Waals surface area (Å²) >= 11 is 5.91. The number of nitrogens with zero attached hydrogens (tertiary/aromatic N) is 1. The monoisotopic (exact) mass is 394 g/mol. The molecule has 2 aromatic carbocycles. The van der Waals surface area contributed by atoms with E-state index in [1.54, 1.807) is 37.4 Å². The fourth-order valence-corrected chi connectivity index (χ4v) is 4.28. The zero-order valence-corrected chi connectivity index (χ0v) is 15.3. The normalized spacial score (nSPS) is 11.6. The molecule has 0 fully saturated rings. The van der Waals surface area contributed by atoms with E-state index in [0.29, 0.717) is 16.8 Å². The van der Waals surface area contributed by atoms with Crippen LogP contribution in [-0.4, -0.2) is 24.6 Å². The molecular weight excluding hydrogens is 380 g/mol. The van der Waals surface area contributed by atoms with Gasteiger partial charge in [-0.15, -0.1) is 0 Å². The lowest BCUT2D eigenvalue weighted by molar-refractivity contribution is -0.115. The van der Waals surface area contributed by atoms with Gasteiger partial charge >= 0.3 is 5.76 Å². The summed E-state index contributed by atoms with van der Waals surface area (Å²) in [5, 5.41) is 2.74. The Balaban J connectivity index is 1.70. The van der Waals surface area contributed by atoms with Crippen molar-refractivity contribution in [2.75, 3.05) is 11.1 Å². The van der Waals surface area contributed by atoms with Crippen LogP contribution in [0.4, 0.5) is 5.69 Å². The zero-order chi connectivity index (χ0) is 18.9. The molecule has 1 aromatic heterocycles. The Morgan fingerprint density at radius 2 is 1.96 bits per heavy atom. The summed E-state index contributed by atoms with van der Waals surface area (Å²) < 4.78 is 31.0. The predicted molar refractivity (Wildman–Crippen MR) is 98.2 cm³/mol. The number of halogens is 1. The van der Waals surface area contributed by atoms with E-state index in [0.717, 1.165) is 0 Å². The summed E-state index contributed by atoms with van der Waals surface area (Å²) in [4.78, 5) is 23.6. The summed E-state index contributed by atoms with van der Waals surface area (Å²) in [7, 11) is -2.12. The Bertz CT molecular complexity index is 1150. The summed E-state index contributed by atoms with van der Waals surface area (Å²) in [6.45, 7) is 0. The Hall–Kier alpha value is -2.58. The van der Waals surface area contributed by atoms with Crippen LogP contribution < -0.4 is 11.1 Å². The molecule has 3 aromatic rings. The molecule has 0 unspecified atom stereocenters. The summed E-state index contributed by atoms with van der Waals surface area (Å²) in [6.07, 6.45) is -0.226. The molecule has 3 rings (SSSR count). The second-order valence-electron chi connectivity index (χ2n) is 5.66. The van der Waals surface area contributed by atoms with E-state index < -0.39 is 21.5 Å². The highest BCUT2D eigenvalue weighted by Gasteiger charge is 2.19. The SMILES string of the molecule is Cn1c(=O)oc2ccc(NC(=O)CCS(=O)(=O)c3ccccc3Cl)cc21. The second-order valence-corrected chi connectivity index (χ2v) is 8.14. The molecule has 0 saturated heterocycles. The minimum Gasteiger partial charge on any atom is -0.408 e. The number of nitrogens with one attached hydrogen (secondary N) is 1. The van der Waals surface area contributed by atoms with Crippen LogP contribution in [0.25, 0.3) is 11.1 Å². The van der Waals surface area contributed by atoms with Crippen LogP contribution in [0.2, 0.25) is 5.02 Å². The number of oxazole rings is 1. The Labute approximate surface area is 154 Å². The fraction of sp³-hybridized carbons (Fsp3) is 0.176. The number of carbonyl (C=O) groups excluding carboxylic acids is 1. The van der Waals surface area contributed by atoms with Crippen LogP contribution in [0.5, 0.6) is 0 Å². The van der Waals surface area contributed by atoms with Crippen molar-refractivity contribution in [3.05, 3.63) is 58.0 Å². The molecule has 136 valence electrons. The molecule has 0 aliphatic carbocycles. The Kier molecular flexibility index (Phi) is 4.88. The Morgan fingerprint density at radius 3 is 2.69 bits per heavy atom. The van der Waals surface area contributed by atoms with Crippen molar-refractivity contribution in [3.63, 3.8) is 0 Å². The van der Waals surface area contributed by atoms with Gasteiger partial charge < -0.3 is 9.73 Å². The number of rotatable bonds is 5. The summed E-state index contributed by atoms with van der Waals surface area (Å²) in [5.74, 6) is -1.34. The van der Waals surface area contributed by atoms with Gasteiger partial charge in [0.2, 0.25) is 5.91 Å². The Morgan fingerprint density at radius 1 is 1.23 bits per heavy atom. The smallest absolute Gasteiger partial charge is 0.408 e.